The molecule has 5 nitrogen and oxygen atoms in total. The Morgan fingerprint density at radius 3 is 2.81 bits per heavy atom. The van der Waals surface area contributed by atoms with E-state index in [-0.39, 0.29) is 43.0 Å². The first-order chi connectivity index (χ1) is 10.0. The predicted molar refractivity (Wildman–Crippen MR) is 73.4 cm³/mol. The molecular formula is C16H16N2O3. The molecule has 0 saturated heterocycles. The van der Waals surface area contributed by atoms with Gasteiger partial charge in [-0.05, 0) is 11.5 Å². The van der Waals surface area contributed by atoms with Gasteiger partial charge in [0, 0.05) is 32.1 Å². The third kappa shape index (κ3) is 2.87. The molecule has 0 heterocycles. The summed E-state index contributed by atoms with van der Waals surface area (Å²) < 4.78 is 5.06. The van der Waals surface area contributed by atoms with Crippen LogP contribution in [0, 0.1) is 39.9 Å². The van der Waals surface area contributed by atoms with Crippen LogP contribution in [0.4, 0.5) is 0 Å². The first-order valence-electron chi connectivity index (χ1n) is 6.87. The summed E-state index contributed by atoms with van der Waals surface area (Å²) in [6.07, 6.45) is 6.20. The predicted octanol–water partition coefficient (Wildman–Crippen LogP) is 2.06. The maximum Gasteiger partial charge on any atom is 0.302 e. The van der Waals surface area contributed by atoms with Crippen LogP contribution in [0.1, 0.15) is 26.2 Å². The maximum absolute atomic E-state index is 11.8. The lowest BCUT2D eigenvalue weighted by Crippen LogP contribution is -2.32. The van der Waals surface area contributed by atoms with E-state index in [1.807, 2.05) is 6.08 Å². The van der Waals surface area contributed by atoms with E-state index in [1.165, 1.54) is 6.92 Å². The van der Waals surface area contributed by atoms with Crippen molar-refractivity contribution in [2.45, 2.75) is 26.2 Å². The summed E-state index contributed by atoms with van der Waals surface area (Å²) in [7, 11) is 0. The van der Waals surface area contributed by atoms with Gasteiger partial charge in [0.05, 0.1) is 18.7 Å². The van der Waals surface area contributed by atoms with Gasteiger partial charge in [-0.3, -0.25) is 9.59 Å². The summed E-state index contributed by atoms with van der Waals surface area (Å²) in [6.45, 7) is 1.49. The first-order valence-corrected chi connectivity index (χ1v) is 6.87. The number of nitrogens with zero attached hydrogens (tertiary/aromatic N) is 2. The van der Waals surface area contributed by atoms with Gasteiger partial charge in [-0.2, -0.15) is 10.5 Å². The van der Waals surface area contributed by atoms with Crippen LogP contribution in [0.5, 0.6) is 0 Å². The molecule has 0 bridgehead atoms. The topological polar surface area (TPSA) is 90.9 Å². The second-order valence-electron chi connectivity index (χ2n) is 5.44. The van der Waals surface area contributed by atoms with Crippen LogP contribution in [0.3, 0.4) is 0 Å². The smallest absolute Gasteiger partial charge is 0.302 e. The Balaban J connectivity index is 2.39. The Morgan fingerprint density at radius 1 is 1.48 bits per heavy atom. The fraction of sp³-hybridized carbons (Fsp3) is 0.500. The largest absolute Gasteiger partial charge is 0.465 e. The van der Waals surface area contributed by atoms with Crippen molar-refractivity contribution in [3.63, 3.8) is 0 Å². The second-order valence-corrected chi connectivity index (χ2v) is 5.44. The van der Waals surface area contributed by atoms with E-state index in [4.69, 9.17) is 4.74 Å². The highest BCUT2D eigenvalue weighted by atomic mass is 16.5. The van der Waals surface area contributed by atoms with Crippen molar-refractivity contribution < 1.29 is 14.3 Å². The number of carbonyl (C=O) groups excluding carboxylic acids is 2. The number of esters is 1. The molecule has 0 saturated carbocycles. The van der Waals surface area contributed by atoms with E-state index >= 15 is 0 Å². The molecule has 0 aromatic heterocycles. The molecule has 2 aliphatic rings. The molecular weight excluding hydrogens is 268 g/mol. The highest BCUT2D eigenvalue weighted by molar-refractivity contribution is 5.82. The van der Waals surface area contributed by atoms with E-state index in [1.54, 1.807) is 12.2 Å². The lowest BCUT2D eigenvalue weighted by Gasteiger charge is -2.32. The Bertz CT molecular complexity index is 590. The van der Waals surface area contributed by atoms with Gasteiger partial charge in [0.25, 0.3) is 0 Å². The summed E-state index contributed by atoms with van der Waals surface area (Å²) in [4.78, 5) is 22.8. The average Bonchev–Trinajstić information content (AvgIpc) is 2.62. The monoisotopic (exact) mass is 284 g/mol. The number of hydrogen-bond donors (Lipinski definition) is 0. The van der Waals surface area contributed by atoms with Crippen LogP contribution in [0.25, 0.3) is 0 Å². The molecule has 0 aromatic carbocycles. The van der Waals surface area contributed by atoms with Gasteiger partial charge in [0.15, 0.2) is 5.41 Å². The molecule has 0 amide bonds. The number of fused-ring (bicyclic) bond motifs is 1. The molecule has 0 N–H and O–H groups in total. The second kappa shape index (κ2) is 5.93. The van der Waals surface area contributed by atoms with Gasteiger partial charge in [0.1, 0.15) is 5.78 Å². The summed E-state index contributed by atoms with van der Waals surface area (Å²) in [6, 6.07) is 4.21. The van der Waals surface area contributed by atoms with Crippen molar-refractivity contribution >= 4 is 11.8 Å². The average molecular weight is 284 g/mol. The van der Waals surface area contributed by atoms with Gasteiger partial charge in [0.2, 0.25) is 0 Å². The molecule has 0 unspecified atom stereocenters. The first kappa shape index (κ1) is 15.0. The number of nitriles is 2. The van der Waals surface area contributed by atoms with Crippen LogP contribution in [-0.2, 0) is 14.3 Å². The standard InChI is InChI=1S/C16H16N2O3/c1-11(19)21-8-12-3-2-6-16(9-17,10-18)15-5-4-13(20)7-14(12)15/h2-3,5,12,14H,4,6-8H2,1H3/t12-,14-/m0/s1. The Hall–Kier alpha value is -2.40. The van der Waals surface area contributed by atoms with Crippen LogP contribution in [0.15, 0.2) is 23.8 Å². The van der Waals surface area contributed by atoms with Gasteiger partial charge < -0.3 is 4.74 Å². The molecule has 2 aliphatic carbocycles. The lowest BCUT2D eigenvalue weighted by molar-refractivity contribution is -0.142. The van der Waals surface area contributed by atoms with Gasteiger partial charge in [-0.1, -0.05) is 18.2 Å². The zero-order valence-electron chi connectivity index (χ0n) is 11.8. The number of rotatable bonds is 2. The Labute approximate surface area is 123 Å². The van der Waals surface area contributed by atoms with Crippen LogP contribution >= 0.6 is 0 Å². The zero-order chi connectivity index (χ0) is 15.5. The highest BCUT2D eigenvalue weighted by Crippen LogP contribution is 2.45. The normalized spacial score (nSPS) is 26.6. The van der Waals surface area contributed by atoms with Crippen molar-refractivity contribution in [2.24, 2.45) is 17.3 Å². The van der Waals surface area contributed by atoms with E-state index < -0.39 is 5.41 Å². The van der Waals surface area contributed by atoms with Crippen molar-refractivity contribution in [1.29, 1.82) is 10.5 Å². The molecule has 0 aromatic rings. The number of ketones is 1. The minimum Gasteiger partial charge on any atom is -0.465 e. The summed E-state index contributed by atoms with van der Waals surface area (Å²) in [5, 5.41) is 18.9. The van der Waals surface area contributed by atoms with Gasteiger partial charge in [-0.15, -0.1) is 0 Å². The molecule has 0 aliphatic heterocycles. The summed E-state index contributed by atoms with van der Waals surface area (Å²) >= 11 is 0. The Morgan fingerprint density at radius 2 is 2.19 bits per heavy atom. The quantitative estimate of drug-likeness (QED) is 0.571. The lowest BCUT2D eigenvalue weighted by atomic mass is 9.68. The summed E-state index contributed by atoms with van der Waals surface area (Å²) in [5.41, 5.74) is -0.512. The van der Waals surface area contributed by atoms with E-state index in [2.05, 4.69) is 12.1 Å². The molecule has 0 radical (unpaired) electrons. The molecule has 21 heavy (non-hydrogen) atoms. The number of hydrogen-bond acceptors (Lipinski definition) is 5. The molecule has 0 spiro atoms. The third-order valence-electron chi connectivity index (χ3n) is 4.07. The SMILES string of the molecule is CC(=O)OC[C@@H]1C=CCC(C#N)(C#N)C2=CCC(=O)C[C@H]21. The van der Waals surface area contributed by atoms with Crippen molar-refractivity contribution in [3.8, 4) is 12.1 Å². The fourth-order valence-corrected chi connectivity index (χ4v) is 2.99. The third-order valence-corrected chi connectivity index (χ3v) is 4.07. The van der Waals surface area contributed by atoms with Gasteiger partial charge >= 0.3 is 5.97 Å². The zero-order valence-corrected chi connectivity index (χ0v) is 11.8. The fourth-order valence-electron chi connectivity index (χ4n) is 2.99. The van der Waals surface area contributed by atoms with Crippen LogP contribution in [-0.4, -0.2) is 18.4 Å². The number of ether oxygens (including phenoxy) is 1. The molecule has 2 atom stereocenters. The maximum atomic E-state index is 11.8. The molecule has 108 valence electrons. The van der Waals surface area contributed by atoms with E-state index in [0.29, 0.717) is 12.0 Å². The Kier molecular flexibility index (Phi) is 4.23. The van der Waals surface area contributed by atoms with Crippen LogP contribution < -0.4 is 0 Å². The molecule has 2 rings (SSSR count). The van der Waals surface area contributed by atoms with E-state index in [9.17, 15) is 20.1 Å². The van der Waals surface area contributed by atoms with E-state index in [0.717, 1.165) is 0 Å². The number of Topliss-reactive ketones (excluding diaryl/α,β-unsaturated/α-hetero) is 1. The minimum absolute atomic E-state index is 0.0802. The van der Waals surface area contributed by atoms with Gasteiger partial charge in [-0.25, -0.2) is 0 Å². The summed E-state index contributed by atoms with van der Waals surface area (Å²) in [5.74, 6) is -0.722. The van der Waals surface area contributed by atoms with Crippen LogP contribution in [0.2, 0.25) is 0 Å². The number of carbonyl (C=O) groups is 2. The number of allylic oxidation sites excluding steroid dienone is 3. The van der Waals surface area contributed by atoms with Crippen molar-refractivity contribution in [3.05, 3.63) is 23.8 Å². The van der Waals surface area contributed by atoms with Crippen molar-refractivity contribution in [2.75, 3.05) is 6.61 Å². The minimum atomic E-state index is -1.22. The molecule has 5 heteroatoms. The molecule has 0 fully saturated rings. The highest BCUT2D eigenvalue weighted by Gasteiger charge is 2.44. The van der Waals surface area contributed by atoms with Crippen molar-refractivity contribution in [1.82, 2.24) is 0 Å².